The van der Waals surface area contributed by atoms with Crippen LogP contribution in [0.25, 0.3) is 0 Å². The molecule has 2 rings (SSSR count). The number of halogens is 1. The summed E-state index contributed by atoms with van der Waals surface area (Å²) in [6.45, 7) is 0. The van der Waals surface area contributed by atoms with Gasteiger partial charge in [-0.25, -0.2) is 0 Å². The Kier molecular flexibility index (Phi) is 3.81. The van der Waals surface area contributed by atoms with Crippen LogP contribution >= 0.6 is 23.4 Å². The Morgan fingerprint density at radius 2 is 1.93 bits per heavy atom. The lowest BCUT2D eigenvalue weighted by molar-refractivity contribution is 0.516. The number of nitrogen functional groups attached to an aromatic ring is 1. The molecular formula is C12H16ClNS. The smallest absolute Gasteiger partial charge is 0.0646 e. The van der Waals surface area contributed by atoms with Gasteiger partial charge in [0.25, 0.3) is 0 Å². The molecule has 0 aliphatic heterocycles. The van der Waals surface area contributed by atoms with Crippen molar-refractivity contribution < 1.29 is 0 Å². The summed E-state index contributed by atoms with van der Waals surface area (Å²) in [5.41, 5.74) is 6.35. The highest BCUT2D eigenvalue weighted by Gasteiger charge is 2.14. The van der Waals surface area contributed by atoms with Gasteiger partial charge >= 0.3 is 0 Å². The van der Waals surface area contributed by atoms with Crippen molar-refractivity contribution in [3.05, 3.63) is 23.2 Å². The topological polar surface area (TPSA) is 26.0 Å². The van der Waals surface area contributed by atoms with E-state index in [4.69, 9.17) is 17.3 Å². The quantitative estimate of drug-likeness (QED) is 0.780. The second-order valence-electron chi connectivity index (χ2n) is 4.06. The van der Waals surface area contributed by atoms with Gasteiger partial charge in [0, 0.05) is 10.1 Å². The molecular weight excluding hydrogens is 226 g/mol. The van der Waals surface area contributed by atoms with E-state index in [1.165, 1.54) is 37.0 Å². The lowest BCUT2D eigenvalue weighted by Crippen LogP contribution is -2.07. The maximum atomic E-state index is 5.99. The molecule has 1 aliphatic rings. The van der Waals surface area contributed by atoms with Crippen LogP contribution in [0.1, 0.15) is 32.1 Å². The molecule has 0 heterocycles. The summed E-state index contributed by atoms with van der Waals surface area (Å²) in [6, 6.07) is 5.95. The fourth-order valence-corrected chi connectivity index (χ4v) is 3.49. The first-order chi connectivity index (χ1) is 7.25. The Bertz CT molecular complexity index is 334. The van der Waals surface area contributed by atoms with Crippen LogP contribution in [0.4, 0.5) is 5.69 Å². The van der Waals surface area contributed by atoms with E-state index in [1.807, 2.05) is 23.9 Å². The third kappa shape index (κ3) is 3.05. The van der Waals surface area contributed by atoms with Gasteiger partial charge in [-0.15, -0.1) is 11.8 Å². The van der Waals surface area contributed by atoms with Crippen molar-refractivity contribution in [2.24, 2.45) is 0 Å². The zero-order chi connectivity index (χ0) is 10.7. The number of anilines is 1. The number of hydrogen-bond acceptors (Lipinski definition) is 2. The van der Waals surface area contributed by atoms with Crippen molar-refractivity contribution in [1.82, 2.24) is 0 Å². The number of rotatable bonds is 2. The highest BCUT2D eigenvalue weighted by atomic mass is 35.5. The summed E-state index contributed by atoms with van der Waals surface area (Å²) >= 11 is 7.94. The molecule has 0 bridgehead atoms. The van der Waals surface area contributed by atoms with Gasteiger partial charge in [0.1, 0.15) is 0 Å². The van der Waals surface area contributed by atoms with Crippen LogP contribution in [0.15, 0.2) is 23.1 Å². The molecule has 1 aromatic rings. The lowest BCUT2D eigenvalue weighted by atomic mass is 10.0. The average Bonchev–Trinajstić information content (AvgIpc) is 2.25. The van der Waals surface area contributed by atoms with E-state index in [0.717, 1.165) is 5.25 Å². The fraction of sp³-hybridized carbons (Fsp3) is 0.500. The normalized spacial score (nSPS) is 17.9. The first-order valence-electron chi connectivity index (χ1n) is 5.47. The van der Waals surface area contributed by atoms with Crippen molar-refractivity contribution >= 4 is 29.1 Å². The maximum absolute atomic E-state index is 5.99. The molecule has 0 saturated heterocycles. The molecule has 1 aromatic carbocycles. The monoisotopic (exact) mass is 241 g/mol. The maximum Gasteiger partial charge on any atom is 0.0646 e. The second-order valence-corrected chi connectivity index (χ2v) is 5.84. The SMILES string of the molecule is Nc1ccc(SC2CCCCC2)cc1Cl. The molecule has 0 radical (unpaired) electrons. The molecule has 1 fully saturated rings. The Morgan fingerprint density at radius 3 is 2.60 bits per heavy atom. The molecule has 0 aromatic heterocycles. The minimum Gasteiger partial charge on any atom is -0.398 e. The zero-order valence-electron chi connectivity index (χ0n) is 8.71. The number of nitrogens with two attached hydrogens (primary N) is 1. The van der Waals surface area contributed by atoms with Crippen molar-refractivity contribution in [3.63, 3.8) is 0 Å². The number of benzene rings is 1. The van der Waals surface area contributed by atoms with Crippen LogP contribution < -0.4 is 5.73 Å². The van der Waals surface area contributed by atoms with Gasteiger partial charge in [-0.2, -0.15) is 0 Å². The van der Waals surface area contributed by atoms with Crippen LogP contribution in [-0.2, 0) is 0 Å². The highest BCUT2D eigenvalue weighted by molar-refractivity contribution is 8.00. The van der Waals surface area contributed by atoms with E-state index in [9.17, 15) is 0 Å². The lowest BCUT2D eigenvalue weighted by Gasteiger charge is -2.21. The van der Waals surface area contributed by atoms with Crippen molar-refractivity contribution in [1.29, 1.82) is 0 Å². The summed E-state index contributed by atoms with van der Waals surface area (Å²) in [5, 5.41) is 1.45. The summed E-state index contributed by atoms with van der Waals surface area (Å²) in [6.07, 6.45) is 6.83. The second kappa shape index (κ2) is 5.13. The van der Waals surface area contributed by atoms with Gasteiger partial charge in [0.05, 0.1) is 10.7 Å². The third-order valence-corrected chi connectivity index (χ3v) is 4.49. The Morgan fingerprint density at radius 1 is 1.20 bits per heavy atom. The molecule has 0 amide bonds. The van der Waals surface area contributed by atoms with Gasteiger partial charge < -0.3 is 5.73 Å². The molecule has 82 valence electrons. The number of hydrogen-bond donors (Lipinski definition) is 1. The Labute approximate surface area is 100 Å². The van der Waals surface area contributed by atoms with E-state index in [0.29, 0.717) is 10.7 Å². The van der Waals surface area contributed by atoms with Crippen LogP contribution in [0.2, 0.25) is 5.02 Å². The van der Waals surface area contributed by atoms with Crippen LogP contribution in [0.5, 0.6) is 0 Å². The highest BCUT2D eigenvalue weighted by Crippen LogP contribution is 2.35. The summed E-state index contributed by atoms with van der Waals surface area (Å²) in [4.78, 5) is 1.25. The zero-order valence-corrected chi connectivity index (χ0v) is 10.3. The summed E-state index contributed by atoms with van der Waals surface area (Å²) < 4.78 is 0. The third-order valence-electron chi connectivity index (χ3n) is 2.83. The van der Waals surface area contributed by atoms with E-state index in [-0.39, 0.29) is 0 Å². The van der Waals surface area contributed by atoms with E-state index < -0.39 is 0 Å². The molecule has 0 atom stereocenters. The van der Waals surface area contributed by atoms with Crippen LogP contribution in [-0.4, -0.2) is 5.25 Å². The van der Waals surface area contributed by atoms with E-state index in [1.54, 1.807) is 0 Å². The van der Waals surface area contributed by atoms with Crippen molar-refractivity contribution in [2.75, 3.05) is 5.73 Å². The molecule has 1 nitrogen and oxygen atoms in total. The van der Waals surface area contributed by atoms with Crippen molar-refractivity contribution in [3.8, 4) is 0 Å². The first-order valence-corrected chi connectivity index (χ1v) is 6.73. The standard InChI is InChI=1S/C12H16ClNS/c13-11-8-10(6-7-12(11)14)15-9-4-2-1-3-5-9/h6-9H,1-5,14H2. The molecule has 1 saturated carbocycles. The van der Waals surface area contributed by atoms with E-state index in [2.05, 4.69) is 6.07 Å². The largest absolute Gasteiger partial charge is 0.398 e. The van der Waals surface area contributed by atoms with Gasteiger partial charge in [-0.3, -0.25) is 0 Å². The molecule has 15 heavy (non-hydrogen) atoms. The molecule has 2 N–H and O–H groups in total. The van der Waals surface area contributed by atoms with Crippen LogP contribution in [0, 0.1) is 0 Å². The molecule has 1 aliphatic carbocycles. The predicted octanol–water partition coefficient (Wildman–Crippen LogP) is 4.35. The molecule has 0 spiro atoms. The van der Waals surface area contributed by atoms with Crippen LogP contribution in [0.3, 0.4) is 0 Å². The first kappa shape index (κ1) is 11.2. The minimum atomic E-state index is 0.671. The molecule has 3 heteroatoms. The van der Waals surface area contributed by atoms with Gasteiger partial charge in [-0.1, -0.05) is 30.9 Å². The Hall–Kier alpha value is -0.340. The predicted molar refractivity (Wildman–Crippen MR) is 68.6 cm³/mol. The van der Waals surface area contributed by atoms with E-state index >= 15 is 0 Å². The van der Waals surface area contributed by atoms with Gasteiger partial charge in [0.15, 0.2) is 0 Å². The van der Waals surface area contributed by atoms with Gasteiger partial charge in [0.2, 0.25) is 0 Å². The number of thioether (sulfide) groups is 1. The Balaban J connectivity index is 2.00. The summed E-state index contributed by atoms with van der Waals surface area (Å²) in [5.74, 6) is 0. The van der Waals surface area contributed by atoms with Gasteiger partial charge in [-0.05, 0) is 31.0 Å². The average molecular weight is 242 g/mol. The summed E-state index contributed by atoms with van der Waals surface area (Å²) in [7, 11) is 0. The van der Waals surface area contributed by atoms with Crippen molar-refractivity contribution in [2.45, 2.75) is 42.2 Å². The fourth-order valence-electron chi connectivity index (χ4n) is 1.96. The minimum absolute atomic E-state index is 0.671. The molecule has 0 unspecified atom stereocenters.